The van der Waals surface area contributed by atoms with E-state index in [1.807, 2.05) is 67.6 Å². The molecule has 0 spiro atoms. The van der Waals surface area contributed by atoms with E-state index in [2.05, 4.69) is 5.32 Å². The zero-order chi connectivity index (χ0) is 17.6. The molecule has 3 rings (SSSR count). The van der Waals surface area contributed by atoms with Crippen LogP contribution < -0.4 is 5.32 Å². The number of carbonyl (C=O) groups excluding carboxylic acids is 1. The topological polar surface area (TPSA) is 51.5 Å². The maximum absolute atomic E-state index is 12.6. The fourth-order valence-electron chi connectivity index (χ4n) is 3.04. The molecule has 1 N–H and O–H groups in total. The van der Waals surface area contributed by atoms with Crippen LogP contribution in [0.5, 0.6) is 0 Å². The van der Waals surface area contributed by atoms with E-state index in [-0.39, 0.29) is 17.9 Å². The third kappa shape index (κ3) is 3.91. The van der Waals surface area contributed by atoms with Crippen molar-refractivity contribution in [3.05, 3.63) is 72.0 Å². The molecule has 25 heavy (non-hydrogen) atoms. The Balaban J connectivity index is 1.68. The molecule has 4 nitrogen and oxygen atoms in total. The van der Waals surface area contributed by atoms with Crippen LogP contribution in [0.3, 0.4) is 0 Å². The zero-order valence-electron chi connectivity index (χ0n) is 14.6. The summed E-state index contributed by atoms with van der Waals surface area (Å²) in [6, 6.07) is 19.6. The summed E-state index contributed by atoms with van der Waals surface area (Å²) in [5.41, 5.74) is 1.85. The standard InChI is InChI=1S/C21H23NO3/c1-3-17(15-9-5-4-6-10-15)21(23)22-14-20(24-2)19-13-16-11-7-8-12-18(16)25-19/h4-13,17,20H,3,14H2,1-2H3,(H,22,23)/t17-,20+/m0/s1. The van der Waals surface area contributed by atoms with Crippen molar-refractivity contribution in [2.45, 2.75) is 25.4 Å². The minimum absolute atomic E-state index is 0.00635. The van der Waals surface area contributed by atoms with E-state index in [0.717, 1.165) is 28.7 Å². The lowest BCUT2D eigenvalue weighted by Gasteiger charge is -2.18. The minimum Gasteiger partial charge on any atom is -0.458 e. The Hall–Kier alpha value is -2.59. The highest BCUT2D eigenvalue weighted by Crippen LogP contribution is 2.26. The summed E-state index contributed by atoms with van der Waals surface area (Å²) in [6.45, 7) is 2.39. The molecule has 0 saturated heterocycles. The van der Waals surface area contributed by atoms with Gasteiger partial charge in [-0.15, -0.1) is 0 Å². The number of hydrogen-bond donors (Lipinski definition) is 1. The number of ether oxygens (including phenoxy) is 1. The summed E-state index contributed by atoms with van der Waals surface area (Å²) in [6.07, 6.45) is 0.433. The van der Waals surface area contributed by atoms with Crippen molar-refractivity contribution >= 4 is 16.9 Å². The smallest absolute Gasteiger partial charge is 0.227 e. The molecule has 0 fully saturated rings. The molecule has 0 aliphatic carbocycles. The van der Waals surface area contributed by atoms with Gasteiger partial charge < -0.3 is 14.5 Å². The molecule has 0 saturated carbocycles. The van der Waals surface area contributed by atoms with Crippen molar-refractivity contribution in [2.75, 3.05) is 13.7 Å². The lowest BCUT2D eigenvalue weighted by Crippen LogP contribution is -2.33. The highest BCUT2D eigenvalue weighted by Gasteiger charge is 2.21. The highest BCUT2D eigenvalue weighted by atomic mass is 16.5. The maximum atomic E-state index is 12.6. The lowest BCUT2D eigenvalue weighted by atomic mass is 9.95. The van der Waals surface area contributed by atoms with Gasteiger partial charge >= 0.3 is 0 Å². The summed E-state index contributed by atoms with van der Waals surface area (Å²) >= 11 is 0. The van der Waals surface area contributed by atoms with Gasteiger partial charge in [0.2, 0.25) is 5.91 Å². The van der Waals surface area contributed by atoms with Gasteiger partial charge in [-0.1, -0.05) is 55.5 Å². The van der Waals surface area contributed by atoms with Gasteiger partial charge in [0.1, 0.15) is 17.4 Å². The van der Waals surface area contributed by atoms with Gasteiger partial charge in [0.25, 0.3) is 0 Å². The van der Waals surface area contributed by atoms with E-state index in [1.165, 1.54) is 0 Å². The number of carbonyl (C=O) groups is 1. The molecular weight excluding hydrogens is 314 g/mol. The Kier molecular flexibility index (Phi) is 5.51. The van der Waals surface area contributed by atoms with E-state index in [9.17, 15) is 4.79 Å². The van der Waals surface area contributed by atoms with Crippen LogP contribution >= 0.6 is 0 Å². The summed E-state index contributed by atoms with van der Waals surface area (Å²) in [7, 11) is 1.62. The van der Waals surface area contributed by atoms with E-state index >= 15 is 0 Å². The molecule has 0 aliphatic rings. The SMILES string of the molecule is CC[C@H](C(=O)NC[C@@H](OC)c1cc2ccccc2o1)c1ccccc1. The normalized spacial score (nSPS) is 13.5. The van der Waals surface area contributed by atoms with Crippen molar-refractivity contribution < 1.29 is 13.9 Å². The summed E-state index contributed by atoms with van der Waals surface area (Å²) in [5, 5.41) is 4.03. The van der Waals surface area contributed by atoms with Crippen molar-refractivity contribution in [3.8, 4) is 0 Å². The minimum atomic E-state index is -0.315. The Morgan fingerprint density at radius 2 is 1.84 bits per heavy atom. The second kappa shape index (κ2) is 7.99. The predicted molar refractivity (Wildman–Crippen MR) is 98.4 cm³/mol. The summed E-state index contributed by atoms with van der Waals surface area (Å²) < 4.78 is 11.4. The first-order valence-corrected chi connectivity index (χ1v) is 8.56. The number of fused-ring (bicyclic) bond motifs is 1. The Morgan fingerprint density at radius 1 is 1.12 bits per heavy atom. The van der Waals surface area contributed by atoms with Crippen molar-refractivity contribution in [1.82, 2.24) is 5.32 Å². The first kappa shape index (κ1) is 17.2. The van der Waals surface area contributed by atoms with Gasteiger partial charge in [0.05, 0.1) is 12.5 Å². The number of para-hydroxylation sites is 1. The van der Waals surface area contributed by atoms with Crippen molar-refractivity contribution in [1.29, 1.82) is 0 Å². The quantitative estimate of drug-likeness (QED) is 0.694. The third-order valence-electron chi connectivity index (χ3n) is 4.43. The number of hydrogen-bond acceptors (Lipinski definition) is 3. The Bertz CT molecular complexity index is 792. The van der Waals surface area contributed by atoms with Crippen molar-refractivity contribution in [2.24, 2.45) is 0 Å². The molecular formula is C21H23NO3. The maximum Gasteiger partial charge on any atom is 0.227 e. The predicted octanol–water partition coefficient (Wildman–Crippen LogP) is 4.43. The fourth-order valence-corrected chi connectivity index (χ4v) is 3.04. The second-order valence-corrected chi connectivity index (χ2v) is 6.03. The van der Waals surface area contributed by atoms with Gasteiger partial charge in [-0.25, -0.2) is 0 Å². The van der Waals surface area contributed by atoms with E-state index in [0.29, 0.717) is 6.54 Å². The molecule has 3 aromatic rings. The first-order valence-electron chi connectivity index (χ1n) is 8.56. The highest BCUT2D eigenvalue weighted by molar-refractivity contribution is 5.83. The van der Waals surface area contributed by atoms with E-state index in [4.69, 9.17) is 9.15 Å². The van der Waals surface area contributed by atoms with Gasteiger partial charge in [-0.3, -0.25) is 4.79 Å². The van der Waals surface area contributed by atoms with Gasteiger partial charge in [0, 0.05) is 12.5 Å². The molecule has 0 bridgehead atoms. The number of rotatable bonds is 7. The molecule has 4 heteroatoms. The first-order chi connectivity index (χ1) is 12.2. The molecule has 0 unspecified atom stereocenters. The molecule has 130 valence electrons. The van der Waals surface area contributed by atoms with Crippen molar-refractivity contribution in [3.63, 3.8) is 0 Å². The number of nitrogens with one attached hydrogen (secondary N) is 1. The number of furan rings is 1. The van der Waals surface area contributed by atoms with Crippen LogP contribution in [0.25, 0.3) is 11.0 Å². The molecule has 0 radical (unpaired) electrons. The van der Waals surface area contributed by atoms with Gasteiger partial charge in [0.15, 0.2) is 0 Å². The Morgan fingerprint density at radius 3 is 2.52 bits per heavy atom. The number of amides is 1. The largest absolute Gasteiger partial charge is 0.458 e. The molecule has 0 aliphatic heterocycles. The van der Waals surface area contributed by atoms with Crippen LogP contribution in [0.15, 0.2) is 65.1 Å². The molecule has 1 aromatic heterocycles. The summed E-state index contributed by atoms with van der Waals surface area (Å²) in [4.78, 5) is 12.6. The van der Waals surface area contributed by atoms with Crippen LogP contribution in [0.1, 0.15) is 36.7 Å². The van der Waals surface area contributed by atoms with Crippen LogP contribution in [0, 0.1) is 0 Å². The average molecular weight is 337 g/mol. The average Bonchev–Trinajstić information content (AvgIpc) is 3.07. The van der Waals surface area contributed by atoms with E-state index < -0.39 is 0 Å². The molecule has 1 heterocycles. The second-order valence-electron chi connectivity index (χ2n) is 6.03. The van der Waals surface area contributed by atoms with Crippen LogP contribution in [-0.4, -0.2) is 19.6 Å². The zero-order valence-corrected chi connectivity index (χ0v) is 14.6. The number of methoxy groups -OCH3 is 1. The van der Waals surface area contributed by atoms with Crippen LogP contribution in [-0.2, 0) is 9.53 Å². The molecule has 2 atom stereocenters. The molecule has 1 amide bonds. The third-order valence-corrected chi connectivity index (χ3v) is 4.43. The molecule has 2 aromatic carbocycles. The van der Waals surface area contributed by atoms with Crippen LogP contribution in [0.2, 0.25) is 0 Å². The van der Waals surface area contributed by atoms with Gasteiger partial charge in [-0.2, -0.15) is 0 Å². The van der Waals surface area contributed by atoms with E-state index in [1.54, 1.807) is 7.11 Å². The number of benzene rings is 2. The van der Waals surface area contributed by atoms with Gasteiger partial charge in [-0.05, 0) is 24.1 Å². The lowest BCUT2D eigenvalue weighted by molar-refractivity contribution is -0.123. The Labute approximate surface area is 147 Å². The summed E-state index contributed by atoms with van der Waals surface area (Å²) in [5.74, 6) is 0.568. The monoisotopic (exact) mass is 337 g/mol. The van der Waals surface area contributed by atoms with Crippen LogP contribution in [0.4, 0.5) is 0 Å². The fraction of sp³-hybridized carbons (Fsp3) is 0.286.